The summed E-state index contributed by atoms with van der Waals surface area (Å²) in [6.07, 6.45) is 1.58. The van der Waals surface area contributed by atoms with Gasteiger partial charge in [0.05, 0.1) is 6.10 Å². The first-order chi connectivity index (χ1) is 5.52. The zero-order chi connectivity index (χ0) is 9.30. The molecule has 0 aromatic rings. The number of allylic oxidation sites excluding steroid dienone is 3. The van der Waals surface area contributed by atoms with E-state index < -0.39 is 6.10 Å². The summed E-state index contributed by atoms with van der Waals surface area (Å²) >= 11 is 0. The van der Waals surface area contributed by atoms with Crippen LogP contribution in [-0.2, 0) is 9.59 Å². The van der Waals surface area contributed by atoms with Gasteiger partial charge in [-0.05, 0) is 26.0 Å². The molecule has 64 valence electrons. The molecule has 1 unspecified atom stereocenters. The van der Waals surface area contributed by atoms with Gasteiger partial charge in [-0.15, -0.1) is 0 Å². The van der Waals surface area contributed by atoms with Crippen molar-refractivity contribution in [2.75, 3.05) is 0 Å². The molecule has 0 heterocycles. The summed E-state index contributed by atoms with van der Waals surface area (Å²) < 4.78 is 0. The van der Waals surface area contributed by atoms with E-state index in [0.717, 1.165) is 0 Å². The van der Waals surface area contributed by atoms with Crippen LogP contribution in [0.15, 0.2) is 23.3 Å². The van der Waals surface area contributed by atoms with Crippen molar-refractivity contribution in [3.63, 3.8) is 0 Å². The number of carbonyl (C=O) groups excluding carboxylic acids is 2. The van der Waals surface area contributed by atoms with E-state index in [1.807, 2.05) is 0 Å². The van der Waals surface area contributed by atoms with Gasteiger partial charge in [-0.3, -0.25) is 9.59 Å². The Hall–Kier alpha value is -1.22. The highest BCUT2D eigenvalue weighted by molar-refractivity contribution is 6.20. The Labute approximate surface area is 70.4 Å². The van der Waals surface area contributed by atoms with Crippen LogP contribution in [-0.4, -0.2) is 22.8 Å². The zero-order valence-electron chi connectivity index (χ0n) is 7.00. The van der Waals surface area contributed by atoms with E-state index in [9.17, 15) is 9.59 Å². The van der Waals surface area contributed by atoms with Gasteiger partial charge in [0.25, 0.3) is 0 Å². The molecule has 3 nitrogen and oxygen atoms in total. The van der Waals surface area contributed by atoms with Crippen LogP contribution in [0.4, 0.5) is 0 Å². The van der Waals surface area contributed by atoms with Gasteiger partial charge in [0.2, 0.25) is 0 Å². The third kappa shape index (κ3) is 1.51. The summed E-state index contributed by atoms with van der Waals surface area (Å²) in [5.74, 6) is -0.479. The van der Waals surface area contributed by atoms with Crippen LogP contribution < -0.4 is 0 Å². The number of aliphatic hydroxyl groups is 1. The lowest BCUT2D eigenvalue weighted by Crippen LogP contribution is -2.19. The standard InChI is InChI=1S/C9H10O3/c1-5-3-9(12)7(6(2)10)4-8(5)11/h3-4,6,10H,1-2H3. The fourth-order valence-electron chi connectivity index (χ4n) is 1.00. The third-order valence-electron chi connectivity index (χ3n) is 1.76. The van der Waals surface area contributed by atoms with Crippen molar-refractivity contribution >= 4 is 11.6 Å². The smallest absolute Gasteiger partial charge is 0.184 e. The van der Waals surface area contributed by atoms with Crippen molar-refractivity contribution < 1.29 is 14.7 Å². The number of hydrogen-bond acceptors (Lipinski definition) is 3. The average molecular weight is 166 g/mol. The first-order valence-electron chi connectivity index (χ1n) is 3.69. The fourth-order valence-corrected chi connectivity index (χ4v) is 1.00. The van der Waals surface area contributed by atoms with E-state index in [2.05, 4.69) is 0 Å². The van der Waals surface area contributed by atoms with Gasteiger partial charge in [-0.25, -0.2) is 0 Å². The number of ketones is 2. The Morgan fingerprint density at radius 2 is 1.83 bits per heavy atom. The zero-order valence-corrected chi connectivity index (χ0v) is 7.00. The van der Waals surface area contributed by atoms with Crippen molar-refractivity contribution in [2.24, 2.45) is 0 Å². The molecule has 0 fully saturated rings. The molecule has 1 N–H and O–H groups in total. The molecular formula is C9H10O3. The van der Waals surface area contributed by atoms with Crippen molar-refractivity contribution in [2.45, 2.75) is 20.0 Å². The minimum Gasteiger partial charge on any atom is -0.389 e. The highest BCUT2D eigenvalue weighted by Gasteiger charge is 2.20. The highest BCUT2D eigenvalue weighted by Crippen LogP contribution is 2.13. The van der Waals surface area contributed by atoms with E-state index >= 15 is 0 Å². The predicted molar refractivity (Wildman–Crippen MR) is 43.5 cm³/mol. The SMILES string of the molecule is CC1=CC(=O)C(C(C)O)=CC1=O. The molecule has 1 aliphatic carbocycles. The molecule has 0 aliphatic heterocycles. The molecule has 0 radical (unpaired) electrons. The molecular weight excluding hydrogens is 156 g/mol. The Morgan fingerprint density at radius 1 is 1.25 bits per heavy atom. The van der Waals surface area contributed by atoms with E-state index in [-0.39, 0.29) is 17.1 Å². The Balaban J connectivity index is 3.01. The van der Waals surface area contributed by atoms with Crippen molar-refractivity contribution in [1.29, 1.82) is 0 Å². The second-order valence-electron chi connectivity index (χ2n) is 2.83. The van der Waals surface area contributed by atoms with Gasteiger partial charge in [0, 0.05) is 11.1 Å². The predicted octanol–water partition coefficient (Wildman–Crippen LogP) is 0.392. The second kappa shape index (κ2) is 3.03. The molecule has 0 saturated carbocycles. The minimum atomic E-state index is -0.870. The number of hydrogen-bond donors (Lipinski definition) is 1. The van der Waals surface area contributed by atoms with Crippen LogP contribution >= 0.6 is 0 Å². The molecule has 0 bridgehead atoms. The molecule has 0 amide bonds. The minimum absolute atomic E-state index is 0.172. The van der Waals surface area contributed by atoms with Crippen LogP contribution in [0.3, 0.4) is 0 Å². The molecule has 0 spiro atoms. The molecule has 0 aromatic heterocycles. The maximum Gasteiger partial charge on any atom is 0.184 e. The normalized spacial score (nSPS) is 20.2. The maximum atomic E-state index is 11.1. The number of carbonyl (C=O) groups is 2. The number of aliphatic hydroxyl groups excluding tert-OH is 1. The molecule has 0 saturated heterocycles. The van der Waals surface area contributed by atoms with Crippen LogP contribution in [0.2, 0.25) is 0 Å². The van der Waals surface area contributed by atoms with Gasteiger partial charge >= 0.3 is 0 Å². The summed E-state index contributed by atoms with van der Waals surface area (Å²) in [7, 11) is 0. The molecule has 0 aromatic carbocycles. The Bertz CT molecular complexity index is 295. The summed E-state index contributed by atoms with van der Waals surface area (Å²) in [4.78, 5) is 22.2. The summed E-state index contributed by atoms with van der Waals surface area (Å²) in [6.45, 7) is 3.04. The van der Waals surface area contributed by atoms with E-state index in [1.54, 1.807) is 6.92 Å². The van der Waals surface area contributed by atoms with Gasteiger partial charge in [0.15, 0.2) is 11.6 Å². The largest absolute Gasteiger partial charge is 0.389 e. The van der Waals surface area contributed by atoms with Crippen molar-refractivity contribution in [1.82, 2.24) is 0 Å². The molecule has 1 atom stereocenters. The fraction of sp³-hybridized carbons (Fsp3) is 0.333. The summed E-state index contributed by atoms with van der Waals surface area (Å²) in [5.41, 5.74) is 0.593. The lowest BCUT2D eigenvalue weighted by molar-refractivity contribution is -0.115. The molecule has 3 heteroatoms. The van der Waals surface area contributed by atoms with Crippen molar-refractivity contribution in [3.8, 4) is 0 Å². The topological polar surface area (TPSA) is 54.4 Å². The molecule has 1 aliphatic rings. The van der Waals surface area contributed by atoms with Crippen molar-refractivity contribution in [3.05, 3.63) is 23.3 Å². The average Bonchev–Trinajstić information content (AvgIpc) is 1.96. The second-order valence-corrected chi connectivity index (χ2v) is 2.83. The summed E-state index contributed by atoms with van der Waals surface area (Å²) in [6, 6.07) is 0. The van der Waals surface area contributed by atoms with Crippen LogP contribution in [0.5, 0.6) is 0 Å². The monoisotopic (exact) mass is 166 g/mol. The van der Waals surface area contributed by atoms with Gasteiger partial charge in [-0.1, -0.05) is 0 Å². The van der Waals surface area contributed by atoms with Crippen LogP contribution in [0.25, 0.3) is 0 Å². The highest BCUT2D eigenvalue weighted by atomic mass is 16.3. The lowest BCUT2D eigenvalue weighted by Gasteiger charge is -2.11. The van der Waals surface area contributed by atoms with Gasteiger partial charge in [-0.2, -0.15) is 0 Å². The first kappa shape index (κ1) is 8.87. The molecule has 1 rings (SSSR count). The number of rotatable bonds is 1. The summed E-state index contributed by atoms with van der Waals surface area (Å²) in [5, 5.41) is 9.08. The quantitative estimate of drug-likeness (QED) is 0.573. The van der Waals surface area contributed by atoms with E-state index in [4.69, 9.17) is 5.11 Å². The first-order valence-corrected chi connectivity index (χ1v) is 3.69. The van der Waals surface area contributed by atoms with E-state index in [0.29, 0.717) is 5.57 Å². The Kier molecular flexibility index (Phi) is 2.24. The third-order valence-corrected chi connectivity index (χ3v) is 1.76. The van der Waals surface area contributed by atoms with Gasteiger partial charge in [0.1, 0.15) is 0 Å². The van der Waals surface area contributed by atoms with Crippen LogP contribution in [0.1, 0.15) is 13.8 Å². The lowest BCUT2D eigenvalue weighted by atomic mass is 9.95. The maximum absolute atomic E-state index is 11.1. The molecule has 12 heavy (non-hydrogen) atoms. The van der Waals surface area contributed by atoms with Gasteiger partial charge < -0.3 is 5.11 Å². The Morgan fingerprint density at radius 3 is 2.33 bits per heavy atom. The van der Waals surface area contributed by atoms with Crippen LogP contribution in [0, 0.1) is 0 Å². The van der Waals surface area contributed by atoms with E-state index in [1.165, 1.54) is 19.1 Å².